The van der Waals surface area contributed by atoms with Gasteiger partial charge >= 0.3 is 0 Å². The minimum absolute atomic E-state index is 0.0125. The molecule has 0 atom stereocenters. The standard InChI is InChI=1S/C27H27N3O4S/c1-15-7-8-16(2)23(11-15)29-17(3)12-19(18(29)4)13-21-25(31)28-27(35)30(26(21)32)22-10-9-20(33-5)14-24(22)34-6/h7-14H,1-6H3,(H,28,31,35)/b21-13+. The third-order valence-corrected chi connectivity index (χ3v) is 6.39. The Balaban J connectivity index is 1.79. The van der Waals surface area contributed by atoms with Gasteiger partial charge in [0.1, 0.15) is 17.1 Å². The Morgan fingerprint density at radius 1 is 0.914 bits per heavy atom. The summed E-state index contributed by atoms with van der Waals surface area (Å²) in [6.07, 6.45) is 1.62. The van der Waals surface area contributed by atoms with E-state index in [1.54, 1.807) is 31.4 Å². The lowest BCUT2D eigenvalue weighted by atomic mass is 10.1. The van der Waals surface area contributed by atoms with Crippen LogP contribution in [0.1, 0.15) is 28.1 Å². The number of hydrogen-bond acceptors (Lipinski definition) is 5. The number of thiocarbonyl (C=S) groups is 1. The molecule has 35 heavy (non-hydrogen) atoms. The highest BCUT2D eigenvalue weighted by Crippen LogP contribution is 2.35. The van der Waals surface area contributed by atoms with E-state index in [9.17, 15) is 9.59 Å². The van der Waals surface area contributed by atoms with Crippen LogP contribution in [0.5, 0.6) is 11.5 Å². The summed E-state index contributed by atoms with van der Waals surface area (Å²) in [5.74, 6) is -0.109. The molecule has 0 bridgehead atoms. The average molecular weight is 490 g/mol. The SMILES string of the molecule is COc1ccc(N2C(=O)/C(=C/c3cc(C)n(-c4cc(C)ccc4C)c3C)C(=O)NC2=S)c(OC)c1. The number of nitrogens with one attached hydrogen (secondary N) is 1. The lowest BCUT2D eigenvalue weighted by Crippen LogP contribution is -2.54. The Bertz CT molecular complexity index is 1400. The maximum atomic E-state index is 13.6. The highest BCUT2D eigenvalue weighted by atomic mass is 32.1. The monoisotopic (exact) mass is 489 g/mol. The van der Waals surface area contributed by atoms with E-state index in [4.69, 9.17) is 21.7 Å². The van der Waals surface area contributed by atoms with E-state index in [-0.39, 0.29) is 10.7 Å². The molecule has 1 aromatic heterocycles. The summed E-state index contributed by atoms with van der Waals surface area (Å²) >= 11 is 5.35. The topological polar surface area (TPSA) is 72.8 Å². The van der Waals surface area contributed by atoms with Crippen LogP contribution in [-0.4, -0.2) is 35.7 Å². The average Bonchev–Trinajstić information content (AvgIpc) is 3.10. The fraction of sp³-hybridized carbons (Fsp3) is 0.222. The number of carbonyl (C=O) groups is 2. The normalized spacial score (nSPS) is 15.0. The number of rotatable bonds is 5. The molecule has 180 valence electrons. The van der Waals surface area contributed by atoms with Crippen LogP contribution < -0.4 is 19.7 Å². The van der Waals surface area contributed by atoms with Crippen LogP contribution in [0.25, 0.3) is 11.8 Å². The number of benzene rings is 2. The summed E-state index contributed by atoms with van der Waals surface area (Å²) < 4.78 is 12.8. The fourth-order valence-corrected chi connectivity index (χ4v) is 4.54. The summed E-state index contributed by atoms with van der Waals surface area (Å²) in [5.41, 5.74) is 6.43. The van der Waals surface area contributed by atoms with Gasteiger partial charge in [0.15, 0.2) is 5.11 Å². The van der Waals surface area contributed by atoms with Gasteiger partial charge in [-0.2, -0.15) is 0 Å². The molecular weight excluding hydrogens is 462 g/mol. The van der Waals surface area contributed by atoms with Crippen LogP contribution in [0.2, 0.25) is 0 Å². The van der Waals surface area contributed by atoms with Crippen LogP contribution in [0.3, 0.4) is 0 Å². The van der Waals surface area contributed by atoms with Crippen LogP contribution in [0.15, 0.2) is 48.0 Å². The number of carbonyl (C=O) groups excluding carboxylic acids is 2. The van der Waals surface area contributed by atoms with Crippen molar-refractivity contribution in [2.45, 2.75) is 27.7 Å². The predicted molar refractivity (Wildman–Crippen MR) is 140 cm³/mol. The first-order valence-corrected chi connectivity index (χ1v) is 11.5. The maximum Gasteiger partial charge on any atom is 0.270 e. The van der Waals surface area contributed by atoms with Gasteiger partial charge in [0.05, 0.1) is 19.9 Å². The Morgan fingerprint density at radius 2 is 1.66 bits per heavy atom. The third-order valence-electron chi connectivity index (χ3n) is 6.11. The number of methoxy groups -OCH3 is 2. The van der Waals surface area contributed by atoms with Crippen molar-refractivity contribution >= 4 is 40.9 Å². The van der Waals surface area contributed by atoms with Crippen LogP contribution >= 0.6 is 12.2 Å². The van der Waals surface area contributed by atoms with Gasteiger partial charge in [0, 0.05) is 23.1 Å². The smallest absolute Gasteiger partial charge is 0.270 e. The van der Waals surface area contributed by atoms with E-state index in [2.05, 4.69) is 41.9 Å². The largest absolute Gasteiger partial charge is 0.497 e. The van der Waals surface area contributed by atoms with Crippen LogP contribution in [0, 0.1) is 27.7 Å². The van der Waals surface area contributed by atoms with Gasteiger partial charge in [-0.1, -0.05) is 12.1 Å². The minimum Gasteiger partial charge on any atom is -0.497 e. The quantitative estimate of drug-likeness (QED) is 0.323. The number of ether oxygens (including phenoxy) is 2. The molecule has 1 fully saturated rings. The second-order valence-corrected chi connectivity index (χ2v) is 8.83. The van der Waals surface area contributed by atoms with Crippen LogP contribution in [0.4, 0.5) is 5.69 Å². The zero-order chi connectivity index (χ0) is 25.4. The molecule has 0 aliphatic carbocycles. The first-order chi connectivity index (χ1) is 16.7. The number of aromatic nitrogens is 1. The van der Waals surface area contributed by atoms with Gasteiger partial charge in [-0.25, -0.2) is 4.90 Å². The summed E-state index contributed by atoms with van der Waals surface area (Å²) in [6, 6.07) is 13.3. The first kappa shape index (κ1) is 24.2. The molecule has 0 spiro atoms. The number of aryl methyl sites for hydroxylation is 3. The summed E-state index contributed by atoms with van der Waals surface area (Å²) in [7, 11) is 3.04. The Kier molecular flexibility index (Phi) is 6.49. The van der Waals surface area contributed by atoms with Gasteiger partial charge in [0.2, 0.25) is 0 Å². The molecule has 0 unspecified atom stereocenters. The van der Waals surface area contributed by atoms with Gasteiger partial charge < -0.3 is 14.0 Å². The first-order valence-electron chi connectivity index (χ1n) is 11.1. The Morgan fingerprint density at radius 3 is 2.34 bits per heavy atom. The molecule has 1 aliphatic rings. The van der Waals surface area contributed by atoms with Crippen LogP contribution in [-0.2, 0) is 9.59 Å². The van der Waals surface area contributed by atoms with E-state index in [0.717, 1.165) is 33.8 Å². The van der Waals surface area contributed by atoms with Crippen molar-refractivity contribution in [1.29, 1.82) is 0 Å². The maximum absolute atomic E-state index is 13.6. The third kappa shape index (κ3) is 4.33. The van der Waals surface area contributed by atoms with Crippen molar-refractivity contribution in [1.82, 2.24) is 9.88 Å². The molecule has 1 N–H and O–H groups in total. The molecule has 0 saturated carbocycles. The Hall–Kier alpha value is -3.91. The molecular formula is C27H27N3O4S. The van der Waals surface area contributed by atoms with Gasteiger partial charge in [-0.05, 0) is 86.9 Å². The van der Waals surface area contributed by atoms with E-state index >= 15 is 0 Å². The molecule has 2 amide bonds. The van der Waals surface area contributed by atoms with E-state index < -0.39 is 11.8 Å². The molecule has 3 aromatic rings. The van der Waals surface area contributed by atoms with Crippen molar-refractivity contribution in [2.24, 2.45) is 0 Å². The van der Waals surface area contributed by atoms with Crippen molar-refractivity contribution in [2.75, 3.05) is 19.1 Å². The van der Waals surface area contributed by atoms with Crippen molar-refractivity contribution < 1.29 is 19.1 Å². The predicted octanol–water partition coefficient (Wildman–Crippen LogP) is 4.56. The van der Waals surface area contributed by atoms with E-state index in [0.29, 0.717) is 17.2 Å². The molecule has 1 saturated heterocycles. The Labute approximate surface area is 210 Å². The second-order valence-electron chi connectivity index (χ2n) is 8.45. The fourth-order valence-electron chi connectivity index (χ4n) is 4.27. The van der Waals surface area contributed by atoms with Gasteiger partial charge in [-0.3, -0.25) is 14.9 Å². The van der Waals surface area contributed by atoms with Crippen molar-refractivity contribution in [3.63, 3.8) is 0 Å². The molecule has 4 rings (SSSR count). The van der Waals surface area contributed by atoms with Gasteiger partial charge in [-0.15, -0.1) is 0 Å². The molecule has 0 radical (unpaired) electrons. The second kappa shape index (κ2) is 9.38. The number of amides is 2. The lowest BCUT2D eigenvalue weighted by Gasteiger charge is -2.30. The highest BCUT2D eigenvalue weighted by Gasteiger charge is 2.36. The number of nitrogens with zero attached hydrogens (tertiary/aromatic N) is 2. The summed E-state index contributed by atoms with van der Waals surface area (Å²) in [5, 5.41) is 2.62. The van der Waals surface area contributed by atoms with Crippen molar-refractivity contribution in [3.8, 4) is 17.2 Å². The zero-order valence-electron chi connectivity index (χ0n) is 20.6. The number of hydrogen-bond donors (Lipinski definition) is 1. The lowest BCUT2D eigenvalue weighted by molar-refractivity contribution is -0.122. The van der Waals surface area contributed by atoms with E-state index in [1.807, 2.05) is 19.9 Å². The summed E-state index contributed by atoms with van der Waals surface area (Å²) in [4.78, 5) is 27.7. The molecule has 2 aromatic carbocycles. The molecule has 8 heteroatoms. The molecule has 1 aliphatic heterocycles. The highest BCUT2D eigenvalue weighted by molar-refractivity contribution is 7.80. The molecule has 2 heterocycles. The molecule has 7 nitrogen and oxygen atoms in total. The minimum atomic E-state index is -0.541. The van der Waals surface area contributed by atoms with E-state index in [1.165, 1.54) is 12.0 Å². The van der Waals surface area contributed by atoms with Gasteiger partial charge in [0.25, 0.3) is 11.8 Å². The summed E-state index contributed by atoms with van der Waals surface area (Å²) in [6.45, 7) is 8.09. The zero-order valence-corrected chi connectivity index (χ0v) is 21.4. The van der Waals surface area contributed by atoms with Crippen molar-refractivity contribution in [3.05, 3.63) is 76.1 Å². The number of anilines is 1.